The van der Waals surface area contributed by atoms with E-state index in [1.807, 2.05) is 0 Å². The topological polar surface area (TPSA) is 57.3 Å². The lowest BCUT2D eigenvalue weighted by Gasteiger charge is -2.29. The molecule has 9 heteroatoms. The number of anilines is 1. The van der Waals surface area contributed by atoms with Crippen molar-refractivity contribution in [2.45, 2.75) is 37.5 Å². The van der Waals surface area contributed by atoms with Crippen LogP contribution in [-0.2, 0) is 11.0 Å². The van der Waals surface area contributed by atoms with E-state index in [2.05, 4.69) is 15.6 Å². The van der Waals surface area contributed by atoms with Crippen molar-refractivity contribution in [3.63, 3.8) is 0 Å². The van der Waals surface area contributed by atoms with Crippen LogP contribution in [0.2, 0.25) is 5.02 Å². The molecule has 0 aromatic carbocycles. The highest BCUT2D eigenvalue weighted by Gasteiger charge is 2.34. The van der Waals surface area contributed by atoms with Crippen LogP contribution < -0.4 is 15.5 Å². The van der Waals surface area contributed by atoms with Gasteiger partial charge in [0.05, 0.1) is 10.6 Å². The largest absolute Gasteiger partial charge is 0.417 e. The molecule has 1 atom stereocenters. The first-order chi connectivity index (χ1) is 11.9. The molecule has 0 bridgehead atoms. The summed E-state index contributed by atoms with van der Waals surface area (Å²) >= 11 is 6.00. The Balaban J connectivity index is 1.74. The first-order valence-corrected chi connectivity index (χ1v) is 8.43. The quantitative estimate of drug-likeness (QED) is 0.854. The number of hydrogen-bond donors (Lipinski definition) is 2. The summed E-state index contributed by atoms with van der Waals surface area (Å²) in [4.78, 5) is 17.9. The van der Waals surface area contributed by atoms with Crippen molar-refractivity contribution < 1.29 is 18.0 Å². The lowest BCUT2D eigenvalue weighted by atomic mass is 10.1. The summed E-state index contributed by atoms with van der Waals surface area (Å²) < 4.78 is 38.2. The maximum Gasteiger partial charge on any atom is 0.417 e. The molecule has 1 aromatic rings. The standard InChI is InChI=1S/C16H18ClF3N4O/c17-12-8-10(16(18,19)20)9-22-14(12)24-7-1-2-13(24)15(25)23-11-3-5-21-6-4-11/h1,7-9,11,13,21H,2-6H2,(H,23,25). The van der Waals surface area contributed by atoms with Crippen molar-refractivity contribution in [3.8, 4) is 0 Å². The van der Waals surface area contributed by atoms with Gasteiger partial charge in [-0.2, -0.15) is 13.2 Å². The SMILES string of the molecule is O=C(NC1CCNCC1)C1CC=CN1c1ncc(C(F)(F)F)cc1Cl. The number of pyridine rings is 1. The van der Waals surface area contributed by atoms with Crippen LogP contribution in [0, 0.1) is 0 Å². The third kappa shape index (κ3) is 4.07. The predicted octanol–water partition coefficient (Wildman–Crippen LogP) is 2.71. The van der Waals surface area contributed by atoms with E-state index in [-0.39, 0.29) is 22.8 Å². The van der Waals surface area contributed by atoms with Gasteiger partial charge in [0, 0.05) is 18.4 Å². The summed E-state index contributed by atoms with van der Waals surface area (Å²) in [5.41, 5.74) is -0.917. The molecule has 1 unspecified atom stereocenters. The Morgan fingerprint density at radius 2 is 2.08 bits per heavy atom. The number of halogens is 4. The lowest BCUT2D eigenvalue weighted by Crippen LogP contribution is -2.49. The molecule has 2 aliphatic rings. The third-order valence-corrected chi connectivity index (χ3v) is 4.62. The highest BCUT2D eigenvalue weighted by atomic mass is 35.5. The van der Waals surface area contributed by atoms with Crippen molar-refractivity contribution in [2.24, 2.45) is 0 Å². The third-order valence-electron chi connectivity index (χ3n) is 4.34. The maximum absolute atomic E-state index is 12.7. The van der Waals surface area contributed by atoms with E-state index in [1.165, 1.54) is 4.90 Å². The van der Waals surface area contributed by atoms with Gasteiger partial charge in [-0.25, -0.2) is 4.98 Å². The highest BCUT2D eigenvalue weighted by Crippen LogP contribution is 2.35. The van der Waals surface area contributed by atoms with Gasteiger partial charge in [0.1, 0.15) is 6.04 Å². The Morgan fingerprint density at radius 3 is 2.72 bits per heavy atom. The van der Waals surface area contributed by atoms with E-state index >= 15 is 0 Å². The average Bonchev–Trinajstić information content (AvgIpc) is 3.04. The van der Waals surface area contributed by atoms with Crippen LogP contribution in [0.25, 0.3) is 0 Å². The van der Waals surface area contributed by atoms with Gasteiger partial charge < -0.3 is 15.5 Å². The maximum atomic E-state index is 12.7. The summed E-state index contributed by atoms with van der Waals surface area (Å²) in [5, 5.41) is 6.09. The second-order valence-electron chi connectivity index (χ2n) is 6.10. The van der Waals surface area contributed by atoms with Crippen LogP contribution in [0.4, 0.5) is 19.0 Å². The van der Waals surface area contributed by atoms with Crippen LogP contribution >= 0.6 is 11.6 Å². The number of rotatable bonds is 3. The van der Waals surface area contributed by atoms with Crippen molar-refractivity contribution >= 4 is 23.3 Å². The fraction of sp³-hybridized carbons (Fsp3) is 0.500. The number of piperidine rings is 1. The zero-order valence-electron chi connectivity index (χ0n) is 13.3. The van der Waals surface area contributed by atoms with Gasteiger partial charge in [-0.15, -0.1) is 0 Å². The van der Waals surface area contributed by atoms with Gasteiger partial charge in [0.2, 0.25) is 5.91 Å². The zero-order chi connectivity index (χ0) is 18.0. The van der Waals surface area contributed by atoms with Gasteiger partial charge in [-0.3, -0.25) is 4.79 Å². The minimum absolute atomic E-state index is 0.104. The smallest absolute Gasteiger partial charge is 0.351 e. The molecule has 0 aliphatic carbocycles. The number of carbonyl (C=O) groups excluding carboxylic acids is 1. The normalized spacial score (nSPS) is 21.6. The van der Waals surface area contributed by atoms with Gasteiger partial charge in [-0.05, 0) is 38.4 Å². The Morgan fingerprint density at radius 1 is 1.36 bits per heavy atom. The van der Waals surface area contributed by atoms with Crippen molar-refractivity contribution in [2.75, 3.05) is 18.0 Å². The summed E-state index contributed by atoms with van der Waals surface area (Å²) in [6.07, 6.45) is 1.79. The van der Waals surface area contributed by atoms with Gasteiger partial charge in [-0.1, -0.05) is 17.7 Å². The lowest BCUT2D eigenvalue weighted by molar-refractivity contribution is -0.137. The molecule has 2 N–H and O–H groups in total. The number of nitrogens with zero attached hydrogens (tertiary/aromatic N) is 2. The minimum atomic E-state index is -4.51. The molecule has 0 radical (unpaired) electrons. The molecule has 3 rings (SSSR count). The van der Waals surface area contributed by atoms with Crippen LogP contribution in [0.15, 0.2) is 24.5 Å². The Bertz CT molecular complexity index is 674. The fourth-order valence-corrected chi connectivity index (χ4v) is 3.28. The van der Waals surface area contributed by atoms with Crippen LogP contribution in [-0.4, -0.2) is 36.1 Å². The second kappa shape index (κ2) is 7.21. The van der Waals surface area contributed by atoms with Crippen LogP contribution in [0.3, 0.4) is 0 Å². The van der Waals surface area contributed by atoms with E-state index < -0.39 is 17.8 Å². The summed E-state index contributed by atoms with van der Waals surface area (Å²) in [7, 11) is 0. The first kappa shape index (κ1) is 18.0. The van der Waals surface area contributed by atoms with Crippen LogP contribution in [0.5, 0.6) is 0 Å². The van der Waals surface area contributed by atoms with Crippen LogP contribution in [0.1, 0.15) is 24.8 Å². The molecule has 1 aromatic heterocycles. The molecule has 0 saturated carbocycles. The molecular formula is C16H18ClF3N4O. The number of aromatic nitrogens is 1. The number of nitrogens with one attached hydrogen (secondary N) is 2. The molecule has 3 heterocycles. The molecule has 1 amide bonds. The molecule has 136 valence electrons. The van der Waals surface area contributed by atoms with E-state index in [9.17, 15) is 18.0 Å². The molecule has 1 fully saturated rings. The number of carbonyl (C=O) groups is 1. The molecular weight excluding hydrogens is 357 g/mol. The van der Waals surface area contributed by atoms with Crippen molar-refractivity contribution in [1.29, 1.82) is 0 Å². The average molecular weight is 375 g/mol. The molecule has 25 heavy (non-hydrogen) atoms. The number of alkyl halides is 3. The minimum Gasteiger partial charge on any atom is -0.351 e. The molecule has 2 aliphatic heterocycles. The fourth-order valence-electron chi connectivity index (χ4n) is 3.01. The predicted molar refractivity (Wildman–Crippen MR) is 88.3 cm³/mol. The number of hydrogen-bond acceptors (Lipinski definition) is 4. The van der Waals surface area contributed by atoms with Gasteiger partial charge in [0.25, 0.3) is 0 Å². The van der Waals surface area contributed by atoms with Gasteiger partial charge >= 0.3 is 6.18 Å². The summed E-state index contributed by atoms with van der Waals surface area (Å²) in [6, 6.07) is 0.376. The van der Waals surface area contributed by atoms with E-state index in [0.29, 0.717) is 6.42 Å². The molecule has 1 saturated heterocycles. The first-order valence-electron chi connectivity index (χ1n) is 8.05. The monoisotopic (exact) mass is 374 g/mol. The second-order valence-corrected chi connectivity index (χ2v) is 6.51. The molecule has 0 spiro atoms. The zero-order valence-corrected chi connectivity index (χ0v) is 14.1. The Kier molecular flexibility index (Phi) is 5.19. The van der Waals surface area contributed by atoms with E-state index in [1.54, 1.807) is 12.3 Å². The van der Waals surface area contributed by atoms with Crippen molar-refractivity contribution in [1.82, 2.24) is 15.6 Å². The van der Waals surface area contributed by atoms with E-state index in [0.717, 1.165) is 38.2 Å². The Hall–Kier alpha value is -1.80. The highest BCUT2D eigenvalue weighted by molar-refractivity contribution is 6.33. The van der Waals surface area contributed by atoms with Crippen molar-refractivity contribution in [3.05, 3.63) is 35.1 Å². The molecule has 5 nitrogen and oxygen atoms in total. The summed E-state index contributed by atoms with van der Waals surface area (Å²) in [5.74, 6) is -0.0245. The summed E-state index contributed by atoms with van der Waals surface area (Å²) in [6.45, 7) is 1.70. The Labute approximate surface area is 148 Å². The number of amides is 1. The van der Waals surface area contributed by atoms with E-state index in [4.69, 9.17) is 11.6 Å². The van der Waals surface area contributed by atoms with Gasteiger partial charge in [0.15, 0.2) is 5.82 Å².